The van der Waals surface area contributed by atoms with Gasteiger partial charge in [0.2, 0.25) is 5.91 Å². The molecule has 1 unspecified atom stereocenters. The Kier molecular flexibility index (Phi) is 6.85. The molecule has 0 aromatic carbocycles. The fourth-order valence-electron chi connectivity index (χ4n) is 3.72. The molecular weight excluding hydrogens is 248 g/mol. The lowest BCUT2D eigenvalue weighted by molar-refractivity contribution is -0.132. The summed E-state index contributed by atoms with van der Waals surface area (Å²) in [5.74, 6) is 1.22. The molecule has 3 nitrogen and oxygen atoms in total. The molecule has 2 rings (SSSR count). The number of carbonyl (C=O) groups is 1. The lowest BCUT2D eigenvalue weighted by Crippen LogP contribution is -2.46. The summed E-state index contributed by atoms with van der Waals surface area (Å²) in [5.41, 5.74) is 0. The molecule has 0 radical (unpaired) electrons. The van der Waals surface area contributed by atoms with E-state index in [1.807, 2.05) is 0 Å². The number of piperidine rings is 1. The van der Waals surface area contributed by atoms with Crippen LogP contribution in [0.1, 0.15) is 71.1 Å². The molecule has 0 bridgehead atoms. The van der Waals surface area contributed by atoms with E-state index in [0.29, 0.717) is 11.9 Å². The van der Waals surface area contributed by atoms with E-state index in [2.05, 4.69) is 17.1 Å². The van der Waals surface area contributed by atoms with Gasteiger partial charge in [-0.1, -0.05) is 39.0 Å². The maximum atomic E-state index is 12.5. The maximum Gasteiger partial charge on any atom is 0.222 e. The molecule has 1 saturated carbocycles. The summed E-state index contributed by atoms with van der Waals surface area (Å²) in [7, 11) is 0. The second kappa shape index (κ2) is 8.66. The highest BCUT2D eigenvalue weighted by Crippen LogP contribution is 2.28. The number of nitrogens with one attached hydrogen (secondary N) is 1. The van der Waals surface area contributed by atoms with Crippen molar-refractivity contribution in [2.24, 2.45) is 5.92 Å². The van der Waals surface area contributed by atoms with Crippen molar-refractivity contribution in [3.63, 3.8) is 0 Å². The van der Waals surface area contributed by atoms with E-state index in [1.54, 1.807) is 0 Å². The molecule has 0 aromatic heterocycles. The van der Waals surface area contributed by atoms with E-state index in [4.69, 9.17) is 0 Å². The zero-order chi connectivity index (χ0) is 14.2. The molecule has 1 saturated heterocycles. The predicted molar refractivity (Wildman–Crippen MR) is 83.7 cm³/mol. The highest BCUT2D eigenvalue weighted by molar-refractivity contribution is 5.76. The van der Waals surface area contributed by atoms with E-state index in [1.165, 1.54) is 44.9 Å². The molecule has 1 aliphatic carbocycles. The Hall–Kier alpha value is -0.570. The summed E-state index contributed by atoms with van der Waals surface area (Å²) in [6.45, 7) is 5.16. The van der Waals surface area contributed by atoms with Crippen LogP contribution in [-0.2, 0) is 4.79 Å². The second-order valence-electron chi connectivity index (χ2n) is 6.68. The van der Waals surface area contributed by atoms with Gasteiger partial charge in [0.15, 0.2) is 0 Å². The van der Waals surface area contributed by atoms with Crippen molar-refractivity contribution in [3.05, 3.63) is 0 Å². The van der Waals surface area contributed by atoms with Crippen LogP contribution >= 0.6 is 0 Å². The van der Waals surface area contributed by atoms with Crippen LogP contribution in [0, 0.1) is 5.92 Å². The van der Waals surface area contributed by atoms with Crippen molar-refractivity contribution in [2.45, 2.75) is 77.2 Å². The van der Waals surface area contributed by atoms with Crippen LogP contribution < -0.4 is 5.32 Å². The topological polar surface area (TPSA) is 32.3 Å². The third-order valence-electron chi connectivity index (χ3n) is 4.94. The molecule has 0 spiro atoms. The Morgan fingerprint density at radius 1 is 1.15 bits per heavy atom. The number of amides is 1. The lowest BCUT2D eigenvalue weighted by Gasteiger charge is -2.31. The third kappa shape index (κ3) is 5.08. The first-order chi connectivity index (χ1) is 9.79. The minimum atomic E-state index is 0.395. The van der Waals surface area contributed by atoms with Crippen molar-refractivity contribution in [1.82, 2.24) is 10.2 Å². The normalized spacial score (nSPS) is 23.9. The van der Waals surface area contributed by atoms with Gasteiger partial charge in [-0.2, -0.15) is 0 Å². The average Bonchev–Trinajstić information content (AvgIpc) is 2.99. The summed E-state index contributed by atoms with van der Waals surface area (Å²) in [5, 5.41) is 3.57. The molecule has 116 valence electrons. The monoisotopic (exact) mass is 280 g/mol. The van der Waals surface area contributed by atoms with E-state index < -0.39 is 0 Å². The van der Waals surface area contributed by atoms with Gasteiger partial charge >= 0.3 is 0 Å². The van der Waals surface area contributed by atoms with Gasteiger partial charge in [-0.15, -0.1) is 0 Å². The molecule has 2 fully saturated rings. The fourth-order valence-corrected chi connectivity index (χ4v) is 3.72. The Labute approximate surface area is 124 Å². The van der Waals surface area contributed by atoms with E-state index >= 15 is 0 Å². The first-order valence-corrected chi connectivity index (χ1v) is 8.80. The van der Waals surface area contributed by atoms with Gasteiger partial charge in [-0.25, -0.2) is 0 Å². The van der Waals surface area contributed by atoms with Crippen LogP contribution in [0.4, 0.5) is 0 Å². The van der Waals surface area contributed by atoms with Crippen molar-refractivity contribution in [2.75, 3.05) is 19.6 Å². The number of nitrogens with zero attached hydrogens (tertiary/aromatic N) is 1. The third-order valence-corrected chi connectivity index (χ3v) is 4.94. The van der Waals surface area contributed by atoms with Crippen molar-refractivity contribution in [3.8, 4) is 0 Å². The van der Waals surface area contributed by atoms with Crippen LogP contribution in [0.5, 0.6) is 0 Å². The van der Waals surface area contributed by atoms with Crippen LogP contribution in [0.25, 0.3) is 0 Å². The summed E-state index contributed by atoms with van der Waals surface area (Å²) in [6.07, 6.45) is 12.3. The van der Waals surface area contributed by atoms with Gasteiger partial charge in [0, 0.05) is 25.6 Å². The molecule has 20 heavy (non-hydrogen) atoms. The van der Waals surface area contributed by atoms with E-state index in [9.17, 15) is 4.79 Å². The largest absolute Gasteiger partial charge is 0.341 e. The molecule has 1 N–H and O–H groups in total. The van der Waals surface area contributed by atoms with Gasteiger partial charge in [0.25, 0.3) is 0 Å². The maximum absolute atomic E-state index is 12.5. The minimum absolute atomic E-state index is 0.395. The Bertz CT molecular complexity index is 281. The van der Waals surface area contributed by atoms with E-state index in [0.717, 1.165) is 44.8 Å². The molecule has 1 aliphatic heterocycles. The molecular formula is C17H32N2O. The Balaban J connectivity index is 1.74. The molecule has 3 heteroatoms. The van der Waals surface area contributed by atoms with Gasteiger partial charge in [-0.3, -0.25) is 4.79 Å². The highest BCUT2D eigenvalue weighted by atomic mass is 16.2. The van der Waals surface area contributed by atoms with Crippen LogP contribution in [0.3, 0.4) is 0 Å². The van der Waals surface area contributed by atoms with Gasteiger partial charge in [0.1, 0.15) is 0 Å². The summed E-state index contributed by atoms with van der Waals surface area (Å²) >= 11 is 0. The Morgan fingerprint density at radius 2 is 1.90 bits per heavy atom. The van der Waals surface area contributed by atoms with Crippen LogP contribution in [0.15, 0.2) is 0 Å². The van der Waals surface area contributed by atoms with Gasteiger partial charge in [0.05, 0.1) is 0 Å². The number of rotatable bonds is 7. The van der Waals surface area contributed by atoms with Crippen LogP contribution in [-0.4, -0.2) is 36.5 Å². The predicted octanol–water partition coefficient (Wildman–Crippen LogP) is 3.34. The number of hydrogen-bond donors (Lipinski definition) is 1. The second-order valence-corrected chi connectivity index (χ2v) is 6.68. The van der Waals surface area contributed by atoms with Crippen molar-refractivity contribution < 1.29 is 4.79 Å². The molecule has 2 aliphatic rings. The quantitative estimate of drug-likeness (QED) is 0.776. The molecule has 1 heterocycles. The van der Waals surface area contributed by atoms with Crippen LogP contribution in [0.2, 0.25) is 0 Å². The fraction of sp³-hybridized carbons (Fsp3) is 0.941. The first-order valence-electron chi connectivity index (χ1n) is 8.80. The first kappa shape index (κ1) is 15.8. The minimum Gasteiger partial charge on any atom is -0.341 e. The van der Waals surface area contributed by atoms with E-state index in [-0.39, 0.29) is 0 Å². The smallest absolute Gasteiger partial charge is 0.222 e. The zero-order valence-electron chi connectivity index (χ0n) is 13.2. The molecule has 1 atom stereocenters. The highest BCUT2D eigenvalue weighted by Gasteiger charge is 2.22. The lowest BCUT2D eigenvalue weighted by atomic mass is 10.0. The van der Waals surface area contributed by atoms with Crippen molar-refractivity contribution >= 4 is 5.91 Å². The van der Waals surface area contributed by atoms with Gasteiger partial charge in [-0.05, 0) is 38.1 Å². The molecule has 0 aromatic rings. The SMILES string of the molecule is CCCN(CC1CCCCN1)C(=O)CCC1CCCC1. The Morgan fingerprint density at radius 3 is 2.55 bits per heavy atom. The van der Waals surface area contributed by atoms with Crippen molar-refractivity contribution in [1.29, 1.82) is 0 Å². The molecule has 1 amide bonds. The number of hydrogen-bond acceptors (Lipinski definition) is 2. The van der Waals surface area contributed by atoms with Gasteiger partial charge < -0.3 is 10.2 Å². The summed E-state index contributed by atoms with van der Waals surface area (Å²) in [6, 6.07) is 0.533. The standard InChI is InChI=1S/C17H32N2O/c1-2-13-19(14-16-9-5-6-12-18-16)17(20)11-10-15-7-3-4-8-15/h15-16,18H,2-14H2,1H3. The zero-order valence-corrected chi connectivity index (χ0v) is 13.2. The average molecular weight is 280 g/mol. The summed E-state index contributed by atoms with van der Waals surface area (Å²) < 4.78 is 0. The summed E-state index contributed by atoms with van der Waals surface area (Å²) in [4.78, 5) is 14.6. The number of carbonyl (C=O) groups excluding carboxylic acids is 1.